The number of para-hydroxylation sites is 1. The summed E-state index contributed by atoms with van der Waals surface area (Å²) in [7, 11) is 0. The van der Waals surface area contributed by atoms with Gasteiger partial charge in [-0.05, 0) is 25.5 Å². The molecule has 1 amide bonds. The number of hydrogen-bond acceptors (Lipinski definition) is 5. The lowest BCUT2D eigenvalue weighted by Crippen LogP contribution is -2.41. The van der Waals surface area contributed by atoms with Gasteiger partial charge in [-0.1, -0.05) is 30.8 Å². The molecule has 1 aliphatic rings. The first-order valence-corrected chi connectivity index (χ1v) is 9.60. The highest BCUT2D eigenvalue weighted by molar-refractivity contribution is 7.99. The van der Waals surface area contributed by atoms with Crippen molar-refractivity contribution in [3.8, 4) is 0 Å². The van der Waals surface area contributed by atoms with Crippen molar-refractivity contribution >= 4 is 28.6 Å². The maximum absolute atomic E-state index is 12.9. The van der Waals surface area contributed by atoms with E-state index in [4.69, 9.17) is 4.74 Å². The molecule has 1 aliphatic heterocycles. The van der Waals surface area contributed by atoms with Crippen LogP contribution in [0.2, 0.25) is 0 Å². The molecule has 0 N–H and O–H groups in total. The van der Waals surface area contributed by atoms with Crippen molar-refractivity contribution in [2.45, 2.75) is 31.5 Å². The van der Waals surface area contributed by atoms with Gasteiger partial charge in [0.15, 0.2) is 5.16 Å². The molecule has 1 atom stereocenters. The molecular weight excluding hydrogens is 338 g/mol. The molecule has 0 spiro atoms. The second kappa shape index (κ2) is 8.01. The minimum atomic E-state index is -0.0405. The molecule has 134 valence electrons. The Morgan fingerprint density at radius 1 is 1.32 bits per heavy atom. The number of amides is 1. The number of carbonyl (C=O) groups is 1. The summed E-state index contributed by atoms with van der Waals surface area (Å²) < 4.78 is 7.01. The van der Waals surface area contributed by atoms with Gasteiger partial charge in [0, 0.05) is 19.1 Å². The van der Waals surface area contributed by atoms with Crippen molar-refractivity contribution in [1.29, 1.82) is 0 Å². The van der Waals surface area contributed by atoms with E-state index in [1.807, 2.05) is 36.9 Å². The van der Waals surface area contributed by atoms with Crippen LogP contribution in [0.3, 0.4) is 0 Å². The van der Waals surface area contributed by atoms with E-state index in [0.29, 0.717) is 42.4 Å². The molecule has 1 saturated heterocycles. The third-order valence-corrected chi connectivity index (χ3v) is 5.43. The molecule has 0 unspecified atom stereocenters. The number of ether oxygens (including phenoxy) is 1. The Labute approximate surface area is 151 Å². The fourth-order valence-electron chi connectivity index (χ4n) is 2.83. The van der Waals surface area contributed by atoms with Crippen LogP contribution in [0.25, 0.3) is 10.9 Å². The monoisotopic (exact) mass is 361 g/mol. The molecular formula is C18H23N3O3S. The van der Waals surface area contributed by atoms with Gasteiger partial charge in [-0.25, -0.2) is 4.98 Å². The van der Waals surface area contributed by atoms with Crippen LogP contribution in [-0.2, 0) is 9.53 Å². The third kappa shape index (κ3) is 3.88. The van der Waals surface area contributed by atoms with E-state index in [1.165, 1.54) is 11.8 Å². The molecule has 1 aromatic carbocycles. The van der Waals surface area contributed by atoms with Crippen LogP contribution < -0.4 is 5.56 Å². The zero-order valence-electron chi connectivity index (χ0n) is 14.6. The predicted molar refractivity (Wildman–Crippen MR) is 99.1 cm³/mol. The quantitative estimate of drug-likeness (QED) is 0.604. The van der Waals surface area contributed by atoms with Crippen molar-refractivity contribution in [2.24, 2.45) is 0 Å². The minimum absolute atomic E-state index is 0.0330. The van der Waals surface area contributed by atoms with Crippen molar-refractivity contribution in [3.05, 3.63) is 34.6 Å². The molecule has 2 heterocycles. The predicted octanol–water partition coefficient (Wildman–Crippen LogP) is 2.32. The largest absolute Gasteiger partial charge is 0.378 e. The molecule has 7 heteroatoms. The van der Waals surface area contributed by atoms with Gasteiger partial charge in [0.2, 0.25) is 5.91 Å². The van der Waals surface area contributed by atoms with Crippen molar-refractivity contribution in [2.75, 3.05) is 32.1 Å². The average molecular weight is 361 g/mol. The number of fused-ring (bicyclic) bond motifs is 1. The zero-order chi connectivity index (χ0) is 17.8. The molecule has 0 bridgehead atoms. The smallest absolute Gasteiger partial charge is 0.262 e. The van der Waals surface area contributed by atoms with Crippen LogP contribution >= 0.6 is 11.8 Å². The molecule has 0 saturated carbocycles. The van der Waals surface area contributed by atoms with E-state index >= 15 is 0 Å². The lowest BCUT2D eigenvalue weighted by Gasteiger charge is -2.27. The summed E-state index contributed by atoms with van der Waals surface area (Å²) in [5, 5.41) is 1.23. The molecule has 0 radical (unpaired) electrons. The van der Waals surface area contributed by atoms with Gasteiger partial charge in [0.25, 0.3) is 5.56 Å². The molecule has 6 nitrogen and oxygen atoms in total. The second-order valence-corrected chi connectivity index (χ2v) is 7.07. The second-order valence-electron chi connectivity index (χ2n) is 6.13. The van der Waals surface area contributed by atoms with Crippen LogP contribution in [0.5, 0.6) is 0 Å². The van der Waals surface area contributed by atoms with Gasteiger partial charge in [-0.15, -0.1) is 0 Å². The Morgan fingerprint density at radius 2 is 2.04 bits per heavy atom. The van der Waals surface area contributed by atoms with Gasteiger partial charge in [0.1, 0.15) is 0 Å². The van der Waals surface area contributed by atoms with E-state index in [-0.39, 0.29) is 23.3 Å². The third-order valence-electron chi connectivity index (χ3n) is 4.50. The van der Waals surface area contributed by atoms with Crippen LogP contribution in [0.1, 0.15) is 26.3 Å². The first kappa shape index (κ1) is 17.9. The fourth-order valence-corrected chi connectivity index (χ4v) is 3.83. The number of carbonyl (C=O) groups excluding carboxylic acids is 1. The lowest BCUT2D eigenvalue weighted by atomic mass is 10.2. The Bertz CT molecular complexity index is 815. The summed E-state index contributed by atoms with van der Waals surface area (Å²) in [6.45, 7) is 6.47. The number of benzene rings is 1. The SMILES string of the molecule is CC[C@@H](C)n1c(SCC(=O)N2CCOCC2)nc2ccccc2c1=O. The van der Waals surface area contributed by atoms with Gasteiger partial charge in [-0.2, -0.15) is 0 Å². The fraction of sp³-hybridized carbons (Fsp3) is 0.500. The molecule has 0 aliphatic carbocycles. The zero-order valence-corrected chi connectivity index (χ0v) is 15.4. The number of rotatable bonds is 5. The summed E-state index contributed by atoms with van der Waals surface area (Å²) in [6, 6.07) is 7.39. The summed E-state index contributed by atoms with van der Waals surface area (Å²) in [5.74, 6) is 0.340. The summed E-state index contributed by atoms with van der Waals surface area (Å²) in [5.41, 5.74) is 0.634. The Balaban J connectivity index is 1.88. The Morgan fingerprint density at radius 3 is 2.76 bits per heavy atom. The van der Waals surface area contributed by atoms with E-state index in [9.17, 15) is 9.59 Å². The normalized spacial score (nSPS) is 16.2. The van der Waals surface area contributed by atoms with Gasteiger partial charge in [0.05, 0.1) is 29.9 Å². The minimum Gasteiger partial charge on any atom is -0.378 e. The number of aromatic nitrogens is 2. The summed E-state index contributed by atoms with van der Waals surface area (Å²) in [4.78, 5) is 31.8. The number of hydrogen-bond donors (Lipinski definition) is 0. The van der Waals surface area contributed by atoms with Crippen molar-refractivity contribution in [3.63, 3.8) is 0 Å². The average Bonchev–Trinajstić information content (AvgIpc) is 2.66. The van der Waals surface area contributed by atoms with E-state index in [1.54, 1.807) is 10.6 Å². The van der Waals surface area contributed by atoms with Gasteiger partial charge in [-0.3, -0.25) is 14.2 Å². The molecule has 25 heavy (non-hydrogen) atoms. The topological polar surface area (TPSA) is 64.4 Å². The standard InChI is InChI=1S/C18H23N3O3S/c1-3-13(2)21-17(23)14-6-4-5-7-15(14)19-18(21)25-12-16(22)20-8-10-24-11-9-20/h4-7,13H,3,8-12H2,1-2H3/t13-/m1/s1. The van der Waals surface area contributed by atoms with Crippen molar-refractivity contribution in [1.82, 2.24) is 14.5 Å². The van der Waals surface area contributed by atoms with Crippen LogP contribution in [0, 0.1) is 0 Å². The van der Waals surface area contributed by atoms with Gasteiger partial charge >= 0.3 is 0 Å². The number of thioether (sulfide) groups is 1. The van der Waals surface area contributed by atoms with E-state index in [2.05, 4.69) is 4.98 Å². The Hall–Kier alpha value is -1.86. The Kier molecular flexibility index (Phi) is 5.75. The first-order valence-electron chi connectivity index (χ1n) is 8.61. The number of morpholine rings is 1. The van der Waals surface area contributed by atoms with Crippen molar-refractivity contribution < 1.29 is 9.53 Å². The maximum atomic E-state index is 12.9. The van der Waals surface area contributed by atoms with Crippen LogP contribution in [0.15, 0.2) is 34.2 Å². The maximum Gasteiger partial charge on any atom is 0.262 e. The lowest BCUT2D eigenvalue weighted by molar-refractivity contribution is -0.132. The molecule has 2 aromatic rings. The summed E-state index contributed by atoms with van der Waals surface area (Å²) >= 11 is 1.34. The van der Waals surface area contributed by atoms with E-state index < -0.39 is 0 Å². The highest BCUT2D eigenvalue weighted by Gasteiger charge is 2.20. The highest BCUT2D eigenvalue weighted by atomic mass is 32.2. The number of nitrogens with zero attached hydrogens (tertiary/aromatic N) is 3. The van der Waals surface area contributed by atoms with E-state index in [0.717, 1.165) is 6.42 Å². The van der Waals surface area contributed by atoms with Crippen LogP contribution in [0.4, 0.5) is 0 Å². The molecule has 3 rings (SSSR count). The van der Waals surface area contributed by atoms with Crippen LogP contribution in [-0.4, -0.2) is 52.4 Å². The molecule has 1 fully saturated rings. The molecule has 1 aromatic heterocycles. The summed E-state index contributed by atoms with van der Waals surface area (Å²) in [6.07, 6.45) is 0.824. The first-order chi connectivity index (χ1) is 12.1. The highest BCUT2D eigenvalue weighted by Crippen LogP contribution is 2.22. The van der Waals surface area contributed by atoms with Gasteiger partial charge < -0.3 is 9.64 Å².